The van der Waals surface area contributed by atoms with Gasteiger partial charge in [0.2, 0.25) is 15.9 Å². The van der Waals surface area contributed by atoms with Gasteiger partial charge in [-0.2, -0.15) is 0 Å². The van der Waals surface area contributed by atoms with Gasteiger partial charge in [-0.05, 0) is 41.3 Å². The van der Waals surface area contributed by atoms with Crippen molar-refractivity contribution in [1.29, 1.82) is 0 Å². The lowest BCUT2D eigenvalue weighted by molar-refractivity contribution is -0.121. The molecule has 1 aliphatic heterocycles. The molecule has 3 rings (SSSR count). The van der Waals surface area contributed by atoms with Gasteiger partial charge < -0.3 is 10.2 Å². The third kappa shape index (κ3) is 5.17. The normalized spacial score (nSPS) is 14.5. The maximum Gasteiger partial charge on any atom is 0.325 e. The Balaban J connectivity index is 1.53. The van der Waals surface area contributed by atoms with Crippen molar-refractivity contribution in [2.45, 2.75) is 31.2 Å². The number of hydrogen-bond donors (Lipinski definition) is 2. The summed E-state index contributed by atoms with van der Waals surface area (Å²) in [6.07, 6.45) is 0. The summed E-state index contributed by atoms with van der Waals surface area (Å²) < 4.78 is 22.6. The Hall–Kier alpha value is -2.91. The maximum atomic E-state index is 12.7. The molecule has 0 unspecified atom stereocenters. The van der Waals surface area contributed by atoms with E-state index in [1.165, 1.54) is 22.6 Å². The molecule has 30 heavy (non-hydrogen) atoms. The Morgan fingerprint density at radius 3 is 2.27 bits per heavy atom. The smallest absolute Gasteiger partial charge is 0.325 e. The molecule has 0 aromatic heterocycles. The minimum absolute atomic E-state index is 0.0155. The maximum absolute atomic E-state index is 12.7. The first-order valence-corrected chi connectivity index (χ1v) is 11.2. The SMILES string of the molecule is CC(C)c1ccc(N2CCN(CC(=O)NCc3ccc(S(N)(=O)=O)cc3)C2=O)cc1. The number of nitrogens with one attached hydrogen (secondary N) is 1. The fraction of sp³-hybridized carbons (Fsp3) is 0.333. The summed E-state index contributed by atoms with van der Waals surface area (Å²) in [6.45, 7) is 5.43. The first-order valence-electron chi connectivity index (χ1n) is 9.70. The highest BCUT2D eigenvalue weighted by molar-refractivity contribution is 7.89. The van der Waals surface area contributed by atoms with E-state index in [9.17, 15) is 18.0 Å². The van der Waals surface area contributed by atoms with Gasteiger partial charge in [0.25, 0.3) is 0 Å². The zero-order valence-electron chi connectivity index (χ0n) is 17.0. The molecule has 1 fully saturated rings. The predicted octanol–water partition coefficient (Wildman–Crippen LogP) is 2.02. The molecule has 2 aromatic rings. The lowest BCUT2D eigenvalue weighted by atomic mass is 10.0. The van der Waals surface area contributed by atoms with E-state index in [2.05, 4.69) is 19.2 Å². The third-order valence-electron chi connectivity index (χ3n) is 5.04. The molecule has 9 heteroatoms. The predicted molar refractivity (Wildman–Crippen MR) is 115 cm³/mol. The van der Waals surface area contributed by atoms with Crippen molar-refractivity contribution in [1.82, 2.24) is 10.2 Å². The zero-order chi connectivity index (χ0) is 21.9. The van der Waals surface area contributed by atoms with Crippen molar-refractivity contribution in [3.63, 3.8) is 0 Å². The first-order chi connectivity index (χ1) is 14.1. The lowest BCUT2D eigenvalue weighted by Gasteiger charge is -2.19. The van der Waals surface area contributed by atoms with Gasteiger partial charge in [-0.25, -0.2) is 18.4 Å². The standard InChI is InChI=1S/C21H26N4O4S/c1-15(2)17-5-7-18(8-6-17)25-12-11-24(21(25)27)14-20(26)23-13-16-3-9-19(10-4-16)30(22,28)29/h3-10,15H,11-14H2,1-2H3,(H,23,26)(H2,22,28,29). The van der Waals surface area contributed by atoms with Crippen molar-refractivity contribution < 1.29 is 18.0 Å². The zero-order valence-corrected chi connectivity index (χ0v) is 17.9. The molecule has 8 nitrogen and oxygen atoms in total. The fourth-order valence-corrected chi connectivity index (χ4v) is 3.75. The number of rotatable bonds is 7. The second-order valence-electron chi connectivity index (χ2n) is 7.57. The van der Waals surface area contributed by atoms with Crippen LogP contribution in [0.2, 0.25) is 0 Å². The summed E-state index contributed by atoms with van der Waals surface area (Å²) in [5.41, 5.74) is 2.76. The Bertz CT molecular complexity index is 1020. The topological polar surface area (TPSA) is 113 Å². The second kappa shape index (κ2) is 8.85. The molecule has 0 radical (unpaired) electrons. The van der Waals surface area contributed by atoms with E-state index < -0.39 is 10.0 Å². The summed E-state index contributed by atoms with van der Waals surface area (Å²) in [6, 6.07) is 13.7. The fourth-order valence-electron chi connectivity index (χ4n) is 3.23. The number of anilines is 1. The second-order valence-corrected chi connectivity index (χ2v) is 9.13. The minimum Gasteiger partial charge on any atom is -0.350 e. The van der Waals surface area contributed by atoms with Crippen molar-refractivity contribution in [3.05, 3.63) is 59.7 Å². The van der Waals surface area contributed by atoms with Crippen LogP contribution in [0.5, 0.6) is 0 Å². The number of benzene rings is 2. The number of urea groups is 1. The van der Waals surface area contributed by atoms with Crippen LogP contribution in [0.3, 0.4) is 0 Å². The Morgan fingerprint density at radius 2 is 1.70 bits per heavy atom. The highest BCUT2D eigenvalue weighted by Crippen LogP contribution is 2.23. The molecule has 3 amide bonds. The van der Waals surface area contributed by atoms with Crippen LogP contribution in [0.15, 0.2) is 53.4 Å². The molecular formula is C21H26N4O4S. The monoisotopic (exact) mass is 430 g/mol. The number of hydrogen-bond acceptors (Lipinski definition) is 4. The summed E-state index contributed by atoms with van der Waals surface area (Å²) in [5.74, 6) is 0.139. The van der Waals surface area contributed by atoms with E-state index in [0.717, 1.165) is 11.3 Å². The van der Waals surface area contributed by atoms with Crippen LogP contribution in [0.25, 0.3) is 0 Å². The molecule has 1 heterocycles. The molecule has 0 spiro atoms. The van der Waals surface area contributed by atoms with Crippen molar-refractivity contribution in [3.8, 4) is 0 Å². The number of nitrogens with zero attached hydrogens (tertiary/aromatic N) is 2. The van der Waals surface area contributed by atoms with Gasteiger partial charge in [-0.1, -0.05) is 38.1 Å². The molecule has 3 N–H and O–H groups in total. The highest BCUT2D eigenvalue weighted by Gasteiger charge is 2.30. The van der Waals surface area contributed by atoms with Gasteiger partial charge >= 0.3 is 6.03 Å². The van der Waals surface area contributed by atoms with E-state index in [0.29, 0.717) is 19.0 Å². The Labute approximate surface area is 176 Å². The van der Waals surface area contributed by atoms with Crippen LogP contribution in [-0.4, -0.2) is 44.9 Å². The third-order valence-corrected chi connectivity index (χ3v) is 5.97. The van der Waals surface area contributed by atoms with Gasteiger partial charge in [0.1, 0.15) is 6.54 Å². The average Bonchev–Trinajstić information content (AvgIpc) is 3.06. The molecular weight excluding hydrogens is 404 g/mol. The number of primary sulfonamides is 1. The number of amides is 3. The highest BCUT2D eigenvalue weighted by atomic mass is 32.2. The molecule has 0 bridgehead atoms. The summed E-state index contributed by atoms with van der Waals surface area (Å²) in [7, 11) is -3.74. The van der Waals surface area contributed by atoms with E-state index in [1.54, 1.807) is 17.0 Å². The Morgan fingerprint density at radius 1 is 1.07 bits per heavy atom. The summed E-state index contributed by atoms with van der Waals surface area (Å²) in [5, 5.41) is 7.82. The lowest BCUT2D eigenvalue weighted by Crippen LogP contribution is -2.39. The molecule has 0 saturated carbocycles. The van der Waals surface area contributed by atoms with E-state index >= 15 is 0 Å². The van der Waals surface area contributed by atoms with Crippen molar-refractivity contribution >= 4 is 27.6 Å². The van der Waals surface area contributed by atoms with Gasteiger partial charge in [-0.3, -0.25) is 9.69 Å². The van der Waals surface area contributed by atoms with Gasteiger partial charge in [0, 0.05) is 25.3 Å². The van der Waals surface area contributed by atoms with Crippen molar-refractivity contribution in [2.75, 3.05) is 24.5 Å². The number of sulfonamides is 1. The number of carbonyl (C=O) groups is 2. The van der Waals surface area contributed by atoms with Gasteiger partial charge in [0.15, 0.2) is 0 Å². The number of carbonyl (C=O) groups excluding carboxylic acids is 2. The molecule has 1 saturated heterocycles. The number of nitrogens with two attached hydrogens (primary N) is 1. The van der Waals surface area contributed by atoms with E-state index in [-0.39, 0.29) is 29.9 Å². The first kappa shape index (κ1) is 21.8. The van der Waals surface area contributed by atoms with Gasteiger partial charge in [-0.15, -0.1) is 0 Å². The Kier molecular flexibility index (Phi) is 6.42. The van der Waals surface area contributed by atoms with Crippen LogP contribution in [0.4, 0.5) is 10.5 Å². The average molecular weight is 431 g/mol. The molecule has 160 valence electrons. The largest absolute Gasteiger partial charge is 0.350 e. The summed E-state index contributed by atoms with van der Waals surface area (Å²) >= 11 is 0. The van der Waals surface area contributed by atoms with Crippen molar-refractivity contribution in [2.24, 2.45) is 5.14 Å². The van der Waals surface area contributed by atoms with E-state index in [4.69, 9.17) is 5.14 Å². The van der Waals surface area contributed by atoms with Gasteiger partial charge in [0.05, 0.1) is 4.90 Å². The molecule has 1 aliphatic rings. The molecule has 0 aliphatic carbocycles. The summed E-state index contributed by atoms with van der Waals surface area (Å²) in [4.78, 5) is 28.1. The van der Waals surface area contributed by atoms with Crippen LogP contribution in [-0.2, 0) is 21.4 Å². The van der Waals surface area contributed by atoms with Crippen LogP contribution >= 0.6 is 0 Å². The van der Waals surface area contributed by atoms with Crippen LogP contribution < -0.4 is 15.4 Å². The molecule has 0 atom stereocenters. The quantitative estimate of drug-likeness (QED) is 0.700. The molecule has 2 aromatic carbocycles. The van der Waals surface area contributed by atoms with Crippen LogP contribution in [0, 0.1) is 0 Å². The van der Waals surface area contributed by atoms with E-state index in [1.807, 2.05) is 24.3 Å². The van der Waals surface area contributed by atoms with Crippen LogP contribution in [0.1, 0.15) is 30.9 Å². The minimum atomic E-state index is -3.74.